The lowest BCUT2D eigenvalue weighted by molar-refractivity contribution is 0.476. The van der Waals surface area contributed by atoms with Gasteiger partial charge in [-0.05, 0) is 51.9 Å². The van der Waals surface area contributed by atoms with E-state index in [4.69, 9.17) is 0 Å². The van der Waals surface area contributed by atoms with E-state index in [2.05, 4.69) is 64.7 Å². The quantitative estimate of drug-likeness (QED) is 0.699. The van der Waals surface area contributed by atoms with Crippen LogP contribution in [-0.4, -0.2) is 27.0 Å². The van der Waals surface area contributed by atoms with Crippen molar-refractivity contribution in [3.8, 4) is 0 Å². The summed E-state index contributed by atoms with van der Waals surface area (Å²) >= 11 is 5.73. The zero-order chi connectivity index (χ0) is 11.3. The van der Waals surface area contributed by atoms with Crippen LogP contribution in [0.25, 0.3) is 5.65 Å². The molecule has 3 rings (SSSR count). The monoisotopic (exact) mass is 392 g/mol. The number of rotatable bonds is 1. The number of fused-ring (bicyclic) bond motifs is 1. The Morgan fingerprint density at radius 3 is 3.00 bits per heavy atom. The topological polar surface area (TPSA) is 33.4 Å². The van der Waals surface area contributed by atoms with Gasteiger partial charge in [-0.1, -0.05) is 0 Å². The number of anilines is 1. The maximum atomic E-state index is 4.54. The molecule has 0 aromatic carbocycles. The summed E-state index contributed by atoms with van der Waals surface area (Å²) in [6.45, 7) is 3.29. The Labute approximate surface area is 115 Å². The Hall–Kier alpha value is -0.370. The molecule has 0 unspecified atom stereocenters. The molecular weight excluding hydrogens is 383 g/mol. The minimum absolute atomic E-state index is 0.569. The number of imidazole rings is 1. The van der Waals surface area contributed by atoms with E-state index in [1.54, 1.807) is 0 Å². The van der Waals surface area contributed by atoms with E-state index in [1.165, 1.54) is 6.42 Å². The molecule has 0 aliphatic carbocycles. The minimum Gasteiger partial charge on any atom is -0.351 e. The van der Waals surface area contributed by atoms with Crippen LogP contribution in [0.3, 0.4) is 0 Å². The first kappa shape index (κ1) is 10.8. The maximum Gasteiger partial charge on any atom is 0.181 e. The smallest absolute Gasteiger partial charge is 0.181 e. The summed E-state index contributed by atoms with van der Waals surface area (Å²) in [5.74, 6) is 0.982. The molecule has 0 bridgehead atoms. The van der Waals surface area contributed by atoms with Crippen molar-refractivity contribution in [1.82, 2.24) is 14.4 Å². The van der Waals surface area contributed by atoms with Gasteiger partial charge in [0.25, 0.3) is 0 Å². The summed E-state index contributed by atoms with van der Waals surface area (Å²) in [4.78, 5) is 11.3. The van der Waals surface area contributed by atoms with Crippen LogP contribution >= 0.6 is 38.5 Å². The lowest BCUT2D eigenvalue weighted by Crippen LogP contribution is -2.46. The van der Waals surface area contributed by atoms with E-state index in [-0.39, 0.29) is 0 Å². The van der Waals surface area contributed by atoms with Crippen LogP contribution in [0.2, 0.25) is 0 Å². The van der Waals surface area contributed by atoms with Gasteiger partial charge in [0.2, 0.25) is 0 Å². The summed E-state index contributed by atoms with van der Waals surface area (Å²) in [6.07, 6.45) is 5.06. The van der Waals surface area contributed by atoms with Crippen molar-refractivity contribution in [2.75, 3.05) is 11.4 Å². The third-order valence-corrected chi connectivity index (χ3v) is 4.17. The summed E-state index contributed by atoms with van der Waals surface area (Å²) in [5.41, 5.74) is 0.944. The van der Waals surface area contributed by atoms with Gasteiger partial charge in [0, 0.05) is 18.8 Å². The molecule has 16 heavy (non-hydrogen) atoms. The van der Waals surface area contributed by atoms with E-state index in [1.807, 2.05) is 12.4 Å². The van der Waals surface area contributed by atoms with Crippen LogP contribution in [0, 0.1) is 3.70 Å². The average Bonchev–Trinajstić information content (AvgIpc) is 2.59. The summed E-state index contributed by atoms with van der Waals surface area (Å²) in [7, 11) is 0. The lowest BCUT2D eigenvalue weighted by atomic mass is 10.1. The average molecular weight is 393 g/mol. The molecule has 1 aliphatic heterocycles. The minimum atomic E-state index is 0.569. The van der Waals surface area contributed by atoms with Crippen molar-refractivity contribution in [3.05, 3.63) is 20.7 Å². The molecule has 0 radical (unpaired) electrons. The van der Waals surface area contributed by atoms with Crippen molar-refractivity contribution in [3.63, 3.8) is 0 Å². The summed E-state index contributed by atoms with van der Waals surface area (Å²) in [6, 6.07) is 0.569. The second kappa shape index (κ2) is 3.83. The molecule has 0 saturated carbocycles. The fourth-order valence-corrected chi connectivity index (χ4v) is 2.82. The predicted octanol–water partition coefficient (Wildman–Crippen LogP) is 2.70. The molecule has 84 valence electrons. The van der Waals surface area contributed by atoms with E-state index < -0.39 is 0 Å². The number of hydrogen-bond acceptors (Lipinski definition) is 3. The number of halogens is 2. The Balaban J connectivity index is 2.22. The highest BCUT2D eigenvalue weighted by atomic mass is 127. The maximum absolute atomic E-state index is 4.54. The van der Waals surface area contributed by atoms with Gasteiger partial charge in [-0.3, -0.25) is 4.40 Å². The normalized spacial score (nSPS) is 20.2. The van der Waals surface area contributed by atoms with Gasteiger partial charge >= 0.3 is 0 Å². The Kier molecular flexibility index (Phi) is 2.58. The molecule has 1 aliphatic rings. The molecule has 0 N–H and O–H groups in total. The molecule has 3 heterocycles. The van der Waals surface area contributed by atoms with Gasteiger partial charge in [-0.15, -0.1) is 0 Å². The first-order chi connectivity index (χ1) is 7.66. The Morgan fingerprint density at radius 2 is 2.38 bits per heavy atom. The van der Waals surface area contributed by atoms with Crippen LogP contribution in [-0.2, 0) is 0 Å². The van der Waals surface area contributed by atoms with E-state index in [0.29, 0.717) is 6.04 Å². The van der Waals surface area contributed by atoms with Gasteiger partial charge in [0.15, 0.2) is 11.5 Å². The Morgan fingerprint density at radius 1 is 1.56 bits per heavy atom. The largest absolute Gasteiger partial charge is 0.351 e. The second-order valence-electron chi connectivity index (χ2n) is 3.99. The third-order valence-electron chi connectivity index (χ3n) is 2.99. The molecule has 6 heteroatoms. The van der Waals surface area contributed by atoms with Crippen molar-refractivity contribution < 1.29 is 0 Å². The molecule has 0 amide bonds. The Bertz CT molecular complexity index is 553. The number of aromatic nitrogens is 3. The van der Waals surface area contributed by atoms with Crippen LogP contribution in [0.5, 0.6) is 0 Å². The highest BCUT2D eigenvalue weighted by Gasteiger charge is 2.27. The fraction of sp³-hybridized carbons (Fsp3) is 0.400. The van der Waals surface area contributed by atoms with Crippen molar-refractivity contribution in [2.24, 2.45) is 0 Å². The SMILES string of the molecule is C[C@H]1CCN1c1nc(Br)cn2c(I)cnc12. The molecule has 2 aromatic heterocycles. The first-order valence-electron chi connectivity index (χ1n) is 5.12. The van der Waals surface area contributed by atoms with Crippen molar-refractivity contribution >= 4 is 50.0 Å². The van der Waals surface area contributed by atoms with Crippen LogP contribution < -0.4 is 4.90 Å². The highest BCUT2D eigenvalue weighted by molar-refractivity contribution is 14.1. The van der Waals surface area contributed by atoms with Gasteiger partial charge in [0.1, 0.15) is 8.30 Å². The predicted molar refractivity (Wildman–Crippen MR) is 74.8 cm³/mol. The molecular formula is C10H10BrIN4. The molecule has 4 nitrogen and oxygen atoms in total. The third kappa shape index (κ3) is 1.54. The zero-order valence-electron chi connectivity index (χ0n) is 8.69. The van der Waals surface area contributed by atoms with Crippen LogP contribution in [0.15, 0.2) is 17.0 Å². The van der Waals surface area contributed by atoms with Gasteiger partial charge in [-0.2, -0.15) is 0 Å². The number of nitrogens with zero attached hydrogens (tertiary/aromatic N) is 4. The standard InChI is InChI=1S/C10H10BrIN4/c1-6-2-3-15(6)10-9-13-4-8(12)16(9)5-7(11)14-10/h4-6H,2-3H2,1H3/t6-/m0/s1. The summed E-state index contributed by atoms with van der Waals surface area (Å²) < 4.78 is 4.02. The van der Waals surface area contributed by atoms with Gasteiger partial charge in [0.05, 0.1) is 6.20 Å². The molecule has 1 saturated heterocycles. The molecule has 1 fully saturated rings. The van der Waals surface area contributed by atoms with E-state index >= 15 is 0 Å². The molecule has 2 aromatic rings. The zero-order valence-corrected chi connectivity index (χ0v) is 12.4. The highest BCUT2D eigenvalue weighted by Crippen LogP contribution is 2.29. The van der Waals surface area contributed by atoms with Gasteiger partial charge in [-0.25, -0.2) is 9.97 Å². The van der Waals surface area contributed by atoms with Crippen LogP contribution in [0.4, 0.5) is 5.82 Å². The van der Waals surface area contributed by atoms with E-state index in [9.17, 15) is 0 Å². The first-order valence-corrected chi connectivity index (χ1v) is 7.00. The van der Waals surface area contributed by atoms with Crippen molar-refractivity contribution in [1.29, 1.82) is 0 Å². The molecule has 0 spiro atoms. The van der Waals surface area contributed by atoms with Crippen LogP contribution in [0.1, 0.15) is 13.3 Å². The fourth-order valence-electron chi connectivity index (χ4n) is 1.94. The lowest BCUT2D eigenvalue weighted by Gasteiger charge is -2.39. The van der Waals surface area contributed by atoms with Crippen molar-refractivity contribution in [2.45, 2.75) is 19.4 Å². The molecule has 1 atom stereocenters. The second-order valence-corrected chi connectivity index (χ2v) is 5.91. The number of hydrogen-bond donors (Lipinski definition) is 0. The summed E-state index contributed by atoms with van der Waals surface area (Å²) in [5, 5.41) is 0. The van der Waals surface area contributed by atoms with Gasteiger partial charge < -0.3 is 4.90 Å². The van der Waals surface area contributed by atoms with E-state index in [0.717, 1.165) is 26.3 Å².